The van der Waals surface area contributed by atoms with Gasteiger partial charge in [-0.1, -0.05) is 18.2 Å². The highest BCUT2D eigenvalue weighted by atomic mass is 32.2. The quantitative estimate of drug-likeness (QED) is 0.761. The Morgan fingerprint density at radius 1 is 1.07 bits per heavy atom. The Morgan fingerprint density at radius 3 is 2.44 bits per heavy atom. The number of hydrogen-bond donors (Lipinski definition) is 2. The van der Waals surface area contributed by atoms with Gasteiger partial charge in [-0.2, -0.15) is 0 Å². The van der Waals surface area contributed by atoms with Crippen LogP contribution in [0.25, 0.3) is 0 Å². The summed E-state index contributed by atoms with van der Waals surface area (Å²) in [6, 6.07) is 13.5. The van der Waals surface area contributed by atoms with Crippen molar-refractivity contribution in [3.05, 3.63) is 59.7 Å². The summed E-state index contributed by atoms with van der Waals surface area (Å²) in [4.78, 5) is 12.3. The van der Waals surface area contributed by atoms with E-state index in [4.69, 9.17) is 4.74 Å². The summed E-state index contributed by atoms with van der Waals surface area (Å²) in [5.74, 6) is 0.420. The predicted molar refractivity (Wildman–Crippen MR) is 106 cm³/mol. The van der Waals surface area contributed by atoms with Crippen LogP contribution in [0.4, 0.5) is 0 Å². The Kier molecular flexibility index (Phi) is 6.62. The minimum atomic E-state index is -3.71. The smallest absolute Gasteiger partial charge is 0.251 e. The van der Waals surface area contributed by atoms with Gasteiger partial charge in [-0.05, 0) is 63.1 Å². The van der Waals surface area contributed by atoms with Gasteiger partial charge < -0.3 is 10.1 Å². The molecule has 2 N–H and O–H groups in total. The molecule has 0 aliphatic rings. The molecule has 7 heteroatoms. The minimum Gasteiger partial charge on any atom is -0.497 e. The van der Waals surface area contributed by atoms with Crippen LogP contribution in [0.5, 0.6) is 5.75 Å². The lowest BCUT2D eigenvalue weighted by Crippen LogP contribution is -2.40. The van der Waals surface area contributed by atoms with Crippen LogP contribution in [0.3, 0.4) is 0 Å². The lowest BCUT2D eigenvalue weighted by atomic mass is 10.1. The normalized spacial score (nSPS) is 11.9. The monoisotopic (exact) mass is 390 g/mol. The van der Waals surface area contributed by atoms with Gasteiger partial charge in [0.25, 0.3) is 5.91 Å². The number of hydrogen-bond acceptors (Lipinski definition) is 4. The molecule has 0 saturated heterocycles. The molecule has 0 radical (unpaired) electrons. The third-order valence-corrected chi connectivity index (χ3v) is 5.19. The molecule has 146 valence electrons. The summed E-state index contributed by atoms with van der Waals surface area (Å²) in [7, 11) is -2.12. The molecule has 2 aromatic carbocycles. The SMILES string of the molecule is COc1cccc(CCNS(=O)(=O)c2cccc(C(=O)NC(C)(C)C)c2)c1. The van der Waals surface area contributed by atoms with E-state index in [2.05, 4.69) is 10.0 Å². The topological polar surface area (TPSA) is 84.5 Å². The first-order valence-electron chi connectivity index (χ1n) is 8.66. The minimum absolute atomic E-state index is 0.0645. The van der Waals surface area contributed by atoms with Gasteiger partial charge in [0.1, 0.15) is 5.75 Å². The number of ether oxygens (including phenoxy) is 1. The van der Waals surface area contributed by atoms with E-state index < -0.39 is 15.6 Å². The number of amides is 1. The van der Waals surface area contributed by atoms with E-state index >= 15 is 0 Å². The second-order valence-electron chi connectivity index (χ2n) is 7.23. The largest absolute Gasteiger partial charge is 0.497 e. The van der Waals surface area contributed by atoms with Crippen molar-refractivity contribution in [1.82, 2.24) is 10.0 Å². The number of sulfonamides is 1. The third-order valence-electron chi connectivity index (χ3n) is 3.73. The van der Waals surface area contributed by atoms with E-state index in [1.807, 2.05) is 45.0 Å². The molecule has 0 atom stereocenters. The zero-order chi connectivity index (χ0) is 20.1. The second kappa shape index (κ2) is 8.54. The van der Waals surface area contributed by atoms with Gasteiger partial charge in [-0.3, -0.25) is 4.79 Å². The van der Waals surface area contributed by atoms with Crippen LogP contribution in [0.15, 0.2) is 53.4 Å². The highest BCUT2D eigenvalue weighted by molar-refractivity contribution is 7.89. The fourth-order valence-electron chi connectivity index (χ4n) is 2.46. The molecule has 6 nitrogen and oxygen atoms in total. The van der Waals surface area contributed by atoms with Crippen LogP contribution >= 0.6 is 0 Å². The average molecular weight is 391 g/mol. The molecule has 2 aromatic rings. The Bertz CT molecular complexity index is 902. The first-order valence-corrected chi connectivity index (χ1v) is 10.1. The fourth-order valence-corrected chi connectivity index (χ4v) is 3.54. The zero-order valence-electron chi connectivity index (χ0n) is 16.1. The van der Waals surface area contributed by atoms with Crippen LogP contribution in [0, 0.1) is 0 Å². The number of rotatable bonds is 7. The molecule has 0 aromatic heterocycles. The highest BCUT2D eigenvalue weighted by Crippen LogP contribution is 2.15. The fraction of sp³-hybridized carbons (Fsp3) is 0.350. The lowest BCUT2D eigenvalue weighted by Gasteiger charge is -2.20. The van der Waals surface area contributed by atoms with Crippen LogP contribution < -0.4 is 14.8 Å². The van der Waals surface area contributed by atoms with Crippen molar-refractivity contribution in [2.45, 2.75) is 37.6 Å². The van der Waals surface area contributed by atoms with Gasteiger partial charge in [-0.25, -0.2) is 13.1 Å². The number of benzene rings is 2. The Hall–Kier alpha value is -2.38. The summed E-state index contributed by atoms with van der Waals surface area (Å²) in [6.07, 6.45) is 0.528. The third kappa shape index (κ3) is 6.37. The van der Waals surface area contributed by atoms with E-state index in [-0.39, 0.29) is 17.3 Å². The summed E-state index contributed by atoms with van der Waals surface area (Å²) in [5.41, 5.74) is 0.872. The number of carbonyl (C=O) groups is 1. The molecule has 0 spiro atoms. The average Bonchev–Trinajstić information content (AvgIpc) is 2.60. The molecular weight excluding hydrogens is 364 g/mol. The summed E-state index contributed by atoms with van der Waals surface area (Å²) >= 11 is 0. The molecule has 27 heavy (non-hydrogen) atoms. The molecule has 0 aliphatic carbocycles. The van der Waals surface area contributed by atoms with E-state index in [9.17, 15) is 13.2 Å². The maximum absolute atomic E-state index is 12.5. The molecule has 0 saturated carbocycles. The maximum atomic E-state index is 12.5. The molecule has 0 fully saturated rings. The Morgan fingerprint density at radius 2 is 1.78 bits per heavy atom. The maximum Gasteiger partial charge on any atom is 0.251 e. The first-order chi connectivity index (χ1) is 12.6. The van der Waals surface area contributed by atoms with E-state index in [1.165, 1.54) is 12.1 Å². The standard InChI is InChI=1S/C20H26N2O4S/c1-20(2,3)22-19(23)16-8-6-10-18(14-16)27(24,25)21-12-11-15-7-5-9-17(13-15)26-4/h5-10,13-14,21H,11-12H2,1-4H3,(H,22,23). The molecular formula is C20H26N2O4S. The lowest BCUT2D eigenvalue weighted by molar-refractivity contribution is 0.0919. The summed E-state index contributed by atoms with van der Waals surface area (Å²) < 4.78 is 32.8. The van der Waals surface area contributed by atoms with Crippen molar-refractivity contribution in [3.63, 3.8) is 0 Å². The van der Waals surface area contributed by atoms with Crippen LogP contribution in [-0.4, -0.2) is 33.5 Å². The number of carbonyl (C=O) groups excluding carboxylic acids is 1. The van der Waals surface area contributed by atoms with Crippen molar-refractivity contribution < 1.29 is 17.9 Å². The van der Waals surface area contributed by atoms with Crippen molar-refractivity contribution in [2.24, 2.45) is 0 Å². The molecule has 0 bridgehead atoms. The zero-order valence-corrected chi connectivity index (χ0v) is 16.9. The van der Waals surface area contributed by atoms with Crippen LogP contribution in [0.2, 0.25) is 0 Å². The van der Waals surface area contributed by atoms with E-state index in [0.717, 1.165) is 11.3 Å². The molecule has 0 aliphatic heterocycles. The van der Waals surface area contributed by atoms with Crippen molar-refractivity contribution in [3.8, 4) is 5.75 Å². The Balaban J connectivity index is 2.05. The molecule has 2 rings (SSSR count). The number of nitrogens with one attached hydrogen (secondary N) is 2. The van der Waals surface area contributed by atoms with Gasteiger partial charge in [0.2, 0.25) is 10.0 Å². The van der Waals surface area contributed by atoms with Crippen molar-refractivity contribution in [1.29, 1.82) is 0 Å². The molecule has 1 amide bonds. The van der Waals surface area contributed by atoms with Crippen LogP contribution in [-0.2, 0) is 16.4 Å². The second-order valence-corrected chi connectivity index (χ2v) is 9.00. The van der Waals surface area contributed by atoms with E-state index in [0.29, 0.717) is 12.0 Å². The Labute approximate surface area is 161 Å². The van der Waals surface area contributed by atoms with Gasteiger partial charge >= 0.3 is 0 Å². The van der Waals surface area contributed by atoms with Gasteiger partial charge in [0, 0.05) is 17.6 Å². The summed E-state index contributed by atoms with van der Waals surface area (Å²) in [5, 5.41) is 2.82. The van der Waals surface area contributed by atoms with Crippen LogP contribution in [0.1, 0.15) is 36.7 Å². The van der Waals surface area contributed by atoms with Gasteiger partial charge in [0.15, 0.2) is 0 Å². The highest BCUT2D eigenvalue weighted by Gasteiger charge is 2.19. The van der Waals surface area contributed by atoms with Gasteiger partial charge in [-0.15, -0.1) is 0 Å². The molecule has 0 unspecified atom stereocenters. The predicted octanol–water partition coefficient (Wildman–Crippen LogP) is 2.74. The van der Waals surface area contributed by atoms with Gasteiger partial charge in [0.05, 0.1) is 12.0 Å². The number of methoxy groups -OCH3 is 1. The molecule has 0 heterocycles. The van der Waals surface area contributed by atoms with Crippen molar-refractivity contribution >= 4 is 15.9 Å². The summed E-state index contributed by atoms with van der Waals surface area (Å²) in [6.45, 7) is 5.84. The van der Waals surface area contributed by atoms with Crippen molar-refractivity contribution in [2.75, 3.05) is 13.7 Å². The first kappa shape index (κ1) is 20.9. The van der Waals surface area contributed by atoms with E-state index in [1.54, 1.807) is 19.2 Å².